The van der Waals surface area contributed by atoms with E-state index in [1.165, 1.54) is 0 Å². The third kappa shape index (κ3) is 6.78. The molecule has 1 rings (SSSR count). The lowest BCUT2D eigenvalue weighted by molar-refractivity contribution is -0.138. The molecule has 1 aromatic rings. The minimum absolute atomic E-state index is 0.00201. The Hall–Kier alpha value is -0.810. The Morgan fingerprint density at radius 1 is 1.16 bits per heavy atom. The van der Waals surface area contributed by atoms with Gasteiger partial charge in [0.2, 0.25) is 0 Å². The highest BCUT2D eigenvalue weighted by Crippen LogP contribution is 2.20. The molecule has 1 N–H and O–H groups in total. The number of nitrogens with zero attached hydrogens (tertiary/aromatic N) is 2. The van der Waals surface area contributed by atoms with Gasteiger partial charge in [0.1, 0.15) is 0 Å². The van der Waals surface area contributed by atoms with Crippen LogP contribution >= 0.6 is 23.2 Å². The lowest BCUT2D eigenvalue weighted by atomic mass is 10.2. The first-order chi connectivity index (χ1) is 8.86. The van der Waals surface area contributed by atoms with Crippen LogP contribution in [0, 0.1) is 0 Å². The Labute approximate surface area is 123 Å². The third-order valence-electron chi connectivity index (χ3n) is 2.55. The van der Waals surface area contributed by atoms with Crippen LogP contribution in [0.15, 0.2) is 18.2 Å². The zero-order valence-electron chi connectivity index (χ0n) is 11.1. The molecule has 19 heavy (non-hydrogen) atoms. The van der Waals surface area contributed by atoms with Crippen LogP contribution < -0.4 is 0 Å². The molecule has 0 aliphatic rings. The van der Waals surface area contributed by atoms with Gasteiger partial charge in [-0.3, -0.25) is 9.69 Å². The number of carboxylic acids is 1. The Kier molecular flexibility index (Phi) is 6.58. The summed E-state index contributed by atoms with van der Waals surface area (Å²) in [5.41, 5.74) is 0.914. The predicted molar refractivity (Wildman–Crippen MR) is 77.9 cm³/mol. The van der Waals surface area contributed by atoms with Gasteiger partial charge < -0.3 is 10.0 Å². The number of carbonyl (C=O) groups is 1. The van der Waals surface area contributed by atoms with E-state index < -0.39 is 5.97 Å². The lowest BCUT2D eigenvalue weighted by Gasteiger charge is -2.22. The highest BCUT2D eigenvalue weighted by molar-refractivity contribution is 6.34. The fraction of sp³-hybridized carbons (Fsp3) is 0.462. The van der Waals surface area contributed by atoms with E-state index in [9.17, 15) is 4.79 Å². The number of benzene rings is 1. The van der Waals surface area contributed by atoms with Crippen LogP contribution in [-0.4, -0.2) is 54.6 Å². The standard InChI is InChI=1S/C13H18Cl2N2O2/c1-16(2)3-4-17(9-13(18)19)8-10-5-11(14)7-12(15)6-10/h5-7H,3-4,8-9H2,1-2H3,(H,18,19). The average molecular weight is 305 g/mol. The van der Waals surface area contributed by atoms with Gasteiger partial charge in [-0.05, 0) is 37.9 Å². The number of hydrogen-bond acceptors (Lipinski definition) is 3. The topological polar surface area (TPSA) is 43.8 Å². The summed E-state index contributed by atoms with van der Waals surface area (Å²) in [5, 5.41) is 10.1. The van der Waals surface area contributed by atoms with Crippen LogP contribution in [0.5, 0.6) is 0 Å². The fourth-order valence-electron chi connectivity index (χ4n) is 1.71. The predicted octanol–water partition coefficient (Wildman–Crippen LogP) is 2.44. The van der Waals surface area contributed by atoms with Crippen molar-refractivity contribution in [1.82, 2.24) is 9.80 Å². The molecule has 0 amide bonds. The molecule has 0 spiro atoms. The maximum Gasteiger partial charge on any atom is 0.317 e. The molecule has 0 radical (unpaired) electrons. The molecule has 0 saturated heterocycles. The van der Waals surface area contributed by atoms with E-state index in [1.807, 2.05) is 23.9 Å². The van der Waals surface area contributed by atoms with Gasteiger partial charge in [0.25, 0.3) is 0 Å². The molecule has 0 atom stereocenters. The van der Waals surface area contributed by atoms with Gasteiger partial charge in [0.05, 0.1) is 6.54 Å². The Balaban J connectivity index is 2.71. The van der Waals surface area contributed by atoms with Crippen molar-refractivity contribution in [2.45, 2.75) is 6.54 Å². The second-order valence-electron chi connectivity index (χ2n) is 4.69. The van der Waals surface area contributed by atoms with Crippen molar-refractivity contribution < 1.29 is 9.90 Å². The molecule has 0 unspecified atom stereocenters. The summed E-state index contributed by atoms with van der Waals surface area (Å²) in [4.78, 5) is 14.7. The van der Waals surface area contributed by atoms with Crippen molar-refractivity contribution >= 4 is 29.2 Å². The summed E-state index contributed by atoms with van der Waals surface area (Å²) in [6, 6.07) is 5.27. The largest absolute Gasteiger partial charge is 0.480 e. The Morgan fingerprint density at radius 2 is 1.74 bits per heavy atom. The van der Waals surface area contributed by atoms with Crippen molar-refractivity contribution in [3.63, 3.8) is 0 Å². The smallest absolute Gasteiger partial charge is 0.317 e. The first-order valence-corrected chi connectivity index (χ1v) is 6.66. The van der Waals surface area contributed by atoms with E-state index >= 15 is 0 Å². The first-order valence-electron chi connectivity index (χ1n) is 5.90. The van der Waals surface area contributed by atoms with Gasteiger partial charge in [0, 0.05) is 29.7 Å². The van der Waals surface area contributed by atoms with Crippen molar-refractivity contribution in [3.8, 4) is 0 Å². The summed E-state index contributed by atoms with van der Waals surface area (Å²) < 4.78 is 0. The molecular weight excluding hydrogens is 287 g/mol. The van der Waals surface area contributed by atoms with Crippen LogP contribution in [-0.2, 0) is 11.3 Å². The van der Waals surface area contributed by atoms with Gasteiger partial charge in [-0.15, -0.1) is 0 Å². The maximum atomic E-state index is 10.9. The fourth-order valence-corrected chi connectivity index (χ4v) is 2.28. The Bertz CT molecular complexity index is 418. The van der Waals surface area contributed by atoms with Gasteiger partial charge in [-0.25, -0.2) is 0 Å². The molecular formula is C13H18Cl2N2O2. The number of rotatable bonds is 7. The minimum atomic E-state index is -0.841. The van der Waals surface area contributed by atoms with Gasteiger partial charge in [-0.2, -0.15) is 0 Å². The number of aliphatic carboxylic acids is 1. The summed E-state index contributed by atoms with van der Waals surface area (Å²) in [7, 11) is 3.91. The second-order valence-corrected chi connectivity index (χ2v) is 5.56. The molecule has 0 fully saturated rings. The summed E-state index contributed by atoms with van der Waals surface area (Å²) in [5.74, 6) is -0.841. The normalized spacial score (nSPS) is 11.3. The van der Waals surface area contributed by atoms with Crippen LogP contribution in [0.2, 0.25) is 10.0 Å². The number of halogens is 2. The zero-order valence-corrected chi connectivity index (χ0v) is 12.6. The van der Waals surface area contributed by atoms with E-state index in [0.717, 1.165) is 12.1 Å². The molecule has 0 saturated carbocycles. The average Bonchev–Trinajstić information content (AvgIpc) is 2.23. The summed E-state index contributed by atoms with van der Waals surface area (Å²) in [6.45, 7) is 1.98. The second kappa shape index (κ2) is 7.70. The maximum absolute atomic E-state index is 10.9. The number of hydrogen-bond donors (Lipinski definition) is 1. The quantitative estimate of drug-likeness (QED) is 0.840. The molecule has 4 nitrogen and oxygen atoms in total. The molecule has 6 heteroatoms. The van der Waals surface area contributed by atoms with E-state index in [2.05, 4.69) is 0 Å². The van der Waals surface area contributed by atoms with Crippen molar-refractivity contribution in [1.29, 1.82) is 0 Å². The van der Waals surface area contributed by atoms with Crippen LogP contribution in [0.3, 0.4) is 0 Å². The van der Waals surface area contributed by atoms with Crippen LogP contribution in [0.1, 0.15) is 5.56 Å². The van der Waals surface area contributed by atoms with Crippen molar-refractivity contribution in [3.05, 3.63) is 33.8 Å². The molecule has 106 valence electrons. The molecule has 0 aromatic heterocycles. The van der Waals surface area contributed by atoms with Crippen LogP contribution in [0.4, 0.5) is 0 Å². The minimum Gasteiger partial charge on any atom is -0.480 e. The van der Waals surface area contributed by atoms with Crippen LogP contribution in [0.25, 0.3) is 0 Å². The molecule has 0 bridgehead atoms. The van der Waals surface area contributed by atoms with E-state index in [0.29, 0.717) is 23.1 Å². The van der Waals surface area contributed by atoms with E-state index in [4.69, 9.17) is 28.3 Å². The first kappa shape index (κ1) is 16.2. The molecule has 0 heterocycles. The number of likely N-dealkylation sites (N-methyl/N-ethyl adjacent to an activating group) is 1. The highest BCUT2D eigenvalue weighted by atomic mass is 35.5. The van der Waals surface area contributed by atoms with E-state index in [1.54, 1.807) is 18.2 Å². The number of carboxylic acid groups (broad SMARTS) is 1. The lowest BCUT2D eigenvalue weighted by Crippen LogP contribution is -2.35. The molecule has 0 aliphatic heterocycles. The van der Waals surface area contributed by atoms with E-state index in [-0.39, 0.29) is 6.54 Å². The highest BCUT2D eigenvalue weighted by Gasteiger charge is 2.11. The SMILES string of the molecule is CN(C)CCN(CC(=O)O)Cc1cc(Cl)cc(Cl)c1. The van der Waals surface area contributed by atoms with Gasteiger partial charge in [0.15, 0.2) is 0 Å². The molecule has 1 aromatic carbocycles. The third-order valence-corrected chi connectivity index (χ3v) is 2.99. The molecule has 0 aliphatic carbocycles. The van der Waals surface area contributed by atoms with Gasteiger partial charge in [-0.1, -0.05) is 23.2 Å². The van der Waals surface area contributed by atoms with Crippen molar-refractivity contribution in [2.75, 3.05) is 33.7 Å². The van der Waals surface area contributed by atoms with Gasteiger partial charge >= 0.3 is 5.97 Å². The zero-order chi connectivity index (χ0) is 14.4. The van der Waals surface area contributed by atoms with Crippen molar-refractivity contribution in [2.24, 2.45) is 0 Å². The summed E-state index contributed by atoms with van der Waals surface area (Å²) in [6.07, 6.45) is 0. The Morgan fingerprint density at radius 3 is 2.21 bits per heavy atom. The monoisotopic (exact) mass is 304 g/mol. The summed E-state index contributed by atoms with van der Waals surface area (Å²) >= 11 is 11.9.